The Kier molecular flexibility index (Phi) is 3.45. The quantitative estimate of drug-likeness (QED) is 0.441. The van der Waals surface area contributed by atoms with Crippen molar-refractivity contribution in [1.29, 1.82) is 0 Å². The zero-order valence-electron chi connectivity index (χ0n) is 15.9. The number of para-hydroxylation sites is 3. The van der Waals surface area contributed by atoms with Gasteiger partial charge in [-0.3, -0.25) is 4.57 Å². The third-order valence-electron chi connectivity index (χ3n) is 5.48. The second-order valence-electron chi connectivity index (χ2n) is 7.10. The molecule has 140 valence electrons. The van der Waals surface area contributed by atoms with Gasteiger partial charge in [-0.25, -0.2) is 9.67 Å². The molecule has 0 fully saturated rings. The summed E-state index contributed by atoms with van der Waals surface area (Å²) in [4.78, 5) is 4.96. The van der Waals surface area contributed by atoms with Crippen molar-refractivity contribution in [2.24, 2.45) is 0 Å². The Morgan fingerprint density at radius 1 is 0.828 bits per heavy atom. The standard InChI is InChI=1S/C24H18N4O/c1-29-24-22-20(23-25-18-14-8-9-15-19(18)27(23)24)21(16-10-4-2-5-11-16)26-28(22)17-12-6-3-7-13-17/h2-15,24H,1H3/t24-/m1/s1. The number of imidazole rings is 1. The number of hydrogen-bond acceptors (Lipinski definition) is 3. The summed E-state index contributed by atoms with van der Waals surface area (Å²) >= 11 is 0. The van der Waals surface area contributed by atoms with E-state index >= 15 is 0 Å². The Bertz CT molecular complexity index is 1340. The number of benzene rings is 3. The van der Waals surface area contributed by atoms with Crippen LogP contribution in [0.2, 0.25) is 0 Å². The topological polar surface area (TPSA) is 44.9 Å². The Hall–Kier alpha value is -3.70. The number of methoxy groups -OCH3 is 1. The summed E-state index contributed by atoms with van der Waals surface area (Å²) in [6, 6.07) is 28.6. The third kappa shape index (κ3) is 2.25. The number of rotatable bonds is 3. The zero-order chi connectivity index (χ0) is 19.4. The van der Waals surface area contributed by atoms with Crippen molar-refractivity contribution < 1.29 is 4.74 Å². The van der Waals surface area contributed by atoms with Crippen LogP contribution < -0.4 is 0 Å². The fourth-order valence-electron chi connectivity index (χ4n) is 4.24. The molecule has 0 radical (unpaired) electrons. The lowest BCUT2D eigenvalue weighted by molar-refractivity contribution is 0.0829. The molecule has 3 heterocycles. The van der Waals surface area contributed by atoms with Crippen LogP contribution in [0.1, 0.15) is 11.9 Å². The first kappa shape index (κ1) is 16.3. The van der Waals surface area contributed by atoms with Gasteiger partial charge in [0.25, 0.3) is 0 Å². The van der Waals surface area contributed by atoms with Crippen molar-refractivity contribution in [2.75, 3.05) is 7.11 Å². The summed E-state index contributed by atoms with van der Waals surface area (Å²) in [5.41, 5.74) is 7.04. The van der Waals surface area contributed by atoms with Gasteiger partial charge in [0.05, 0.1) is 22.3 Å². The van der Waals surface area contributed by atoms with Crippen LogP contribution >= 0.6 is 0 Å². The van der Waals surface area contributed by atoms with Gasteiger partial charge in [-0.1, -0.05) is 60.7 Å². The van der Waals surface area contributed by atoms with E-state index in [4.69, 9.17) is 14.8 Å². The number of fused-ring (bicyclic) bond motifs is 5. The summed E-state index contributed by atoms with van der Waals surface area (Å²) < 4.78 is 10.2. The molecule has 29 heavy (non-hydrogen) atoms. The average Bonchev–Trinajstić information content (AvgIpc) is 3.43. The van der Waals surface area contributed by atoms with Crippen LogP contribution in [0.5, 0.6) is 0 Å². The summed E-state index contributed by atoms with van der Waals surface area (Å²) in [5.74, 6) is 0.897. The van der Waals surface area contributed by atoms with Crippen molar-refractivity contribution in [1.82, 2.24) is 19.3 Å². The van der Waals surface area contributed by atoms with Crippen LogP contribution in [0.25, 0.3) is 39.4 Å². The SMILES string of the molecule is CO[C@@H]1c2c(c(-c3ccccc3)nn2-c2ccccc2)-c2nc3ccccc3n21. The first-order valence-electron chi connectivity index (χ1n) is 9.60. The number of nitrogens with zero attached hydrogens (tertiary/aromatic N) is 4. The zero-order valence-corrected chi connectivity index (χ0v) is 15.9. The lowest BCUT2D eigenvalue weighted by Crippen LogP contribution is -2.13. The van der Waals surface area contributed by atoms with Crippen molar-refractivity contribution in [3.05, 3.63) is 90.6 Å². The molecule has 5 heteroatoms. The monoisotopic (exact) mass is 378 g/mol. The predicted octanol–water partition coefficient (Wildman–Crippen LogP) is 5.06. The molecule has 0 unspecified atom stereocenters. The highest BCUT2D eigenvalue weighted by atomic mass is 16.5. The Morgan fingerprint density at radius 2 is 1.52 bits per heavy atom. The van der Waals surface area contributed by atoms with Crippen molar-refractivity contribution in [3.63, 3.8) is 0 Å². The minimum atomic E-state index is -0.294. The number of aromatic nitrogens is 4. The Morgan fingerprint density at radius 3 is 2.28 bits per heavy atom. The number of ether oxygens (including phenoxy) is 1. The van der Waals surface area contributed by atoms with Gasteiger partial charge in [-0.15, -0.1) is 0 Å². The van der Waals surface area contributed by atoms with Gasteiger partial charge in [-0.2, -0.15) is 5.10 Å². The fraction of sp³-hybridized carbons (Fsp3) is 0.0833. The van der Waals surface area contributed by atoms with Gasteiger partial charge in [0, 0.05) is 12.7 Å². The van der Waals surface area contributed by atoms with Gasteiger partial charge in [-0.05, 0) is 24.3 Å². The maximum absolute atomic E-state index is 6.00. The molecule has 1 atom stereocenters. The van der Waals surface area contributed by atoms with Crippen molar-refractivity contribution in [2.45, 2.75) is 6.23 Å². The highest BCUT2D eigenvalue weighted by molar-refractivity contribution is 5.89. The Balaban J connectivity index is 1.72. The minimum Gasteiger partial charge on any atom is -0.355 e. The van der Waals surface area contributed by atoms with E-state index in [9.17, 15) is 0 Å². The summed E-state index contributed by atoms with van der Waals surface area (Å²) in [6.45, 7) is 0. The van der Waals surface area contributed by atoms with Crippen molar-refractivity contribution >= 4 is 11.0 Å². The average molecular weight is 378 g/mol. The van der Waals surface area contributed by atoms with Crippen LogP contribution in [0.4, 0.5) is 0 Å². The van der Waals surface area contributed by atoms with Gasteiger partial charge < -0.3 is 4.74 Å². The molecular formula is C24H18N4O. The van der Waals surface area contributed by atoms with Gasteiger partial charge in [0.1, 0.15) is 17.2 Å². The van der Waals surface area contributed by atoms with E-state index < -0.39 is 0 Å². The normalized spacial score (nSPS) is 14.9. The van der Waals surface area contributed by atoms with Crippen LogP contribution in [0.15, 0.2) is 84.9 Å². The smallest absolute Gasteiger partial charge is 0.179 e. The van der Waals surface area contributed by atoms with Crippen LogP contribution in [0.3, 0.4) is 0 Å². The van der Waals surface area contributed by atoms with E-state index in [2.05, 4.69) is 34.9 Å². The molecule has 0 bridgehead atoms. The molecule has 0 saturated carbocycles. The molecule has 0 spiro atoms. The molecular weight excluding hydrogens is 360 g/mol. The van der Waals surface area contributed by atoms with Gasteiger partial charge in [0.15, 0.2) is 6.23 Å². The fourth-order valence-corrected chi connectivity index (χ4v) is 4.24. The highest BCUT2D eigenvalue weighted by Crippen LogP contribution is 2.47. The molecule has 0 amide bonds. The second kappa shape index (κ2) is 6.15. The molecule has 0 N–H and O–H groups in total. The van der Waals surface area contributed by atoms with Crippen LogP contribution in [-0.2, 0) is 4.74 Å². The molecule has 0 aliphatic carbocycles. The largest absolute Gasteiger partial charge is 0.355 e. The molecule has 5 nitrogen and oxygen atoms in total. The van der Waals surface area contributed by atoms with Crippen LogP contribution in [-0.4, -0.2) is 26.4 Å². The first-order valence-corrected chi connectivity index (χ1v) is 9.60. The molecule has 6 rings (SSSR count). The third-order valence-corrected chi connectivity index (χ3v) is 5.48. The lowest BCUT2D eigenvalue weighted by atomic mass is 10.1. The van der Waals surface area contributed by atoms with Gasteiger partial charge >= 0.3 is 0 Å². The van der Waals surface area contributed by atoms with Crippen molar-refractivity contribution in [3.8, 4) is 28.3 Å². The van der Waals surface area contributed by atoms with Crippen LogP contribution in [0, 0.1) is 0 Å². The van der Waals surface area contributed by atoms with E-state index in [1.165, 1.54) is 0 Å². The maximum Gasteiger partial charge on any atom is 0.179 e. The summed E-state index contributed by atoms with van der Waals surface area (Å²) in [7, 11) is 1.74. The lowest BCUT2D eigenvalue weighted by Gasteiger charge is -2.16. The first-order chi connectivity index (χ1) is 14.4. The maximum atomic E-state index is 6.00. The minimum absolute atomic E-state index is 0.294. The van der Waals surface area contributed by atoms with E-state index in [-0.39, 0.29) is 6.23 Å². The molecule has 5 aromatic rings. The molecule has 0 saturated heterocycles. The predicted molar refractivity (Wildman–Crippen MR) is 113 cm³/mol. The molecule has 3 aromatic carbocycles. The molecule has 2 aromatic heterocycles. The van der Waals surface area contributed by atoms with E-state index in [1.807, 2.05) is 59.3 Å². The summed E-state index contributed by atoms with van der Waals surface area (Å²) in [6.07, 6.45) is -0.294. The van der Waals surface area contributed by atoms with Gasteiger partial charge in [0.2, 0.25) is 0 Å². The Labute approximate surface area is 167 Å². The van der Waals surface area contributed by atoms with E-state index in [0.717, 1.165) is 45.1 Å². The van der Waals surface area contributed by atoms with E-state index in [1.54, 1.807) is 7.11 Å². The second-order valence-corrected chi connectivity index (χ2v) is 7.10. The highest BCUT2D eigenvalue weighted by Gasteiger charge is 2.39. The number of hydrogen-bond donors (Lipinski definition) is 0. The summed E-state index contributed by atoms with van der Waals surface area (Å²) in [5, 5.41) is 5.02. The molecule has 1 aliphatic heterocycles. The molecule has 1 aliphatic rings. The van der Waals surface area contributed by atoms with E-state index in [0.29, 0.717) is 0 Å².